The van der Waals surface area contributed by atoms with Gasteiger partial charge in [0.1, 0.15) is 5.75 Å². The van der Waals surface area contributed by atoms with Crippen LogP contribution in [0.2, 0.25) is 5.02 Å². The highest BCUT2D eigenvalue weighted by atomic mass is 127. The number of halogens is 2. The van der Waals surface area contributed by atoms with Crippen molar-refractivity contribution in [2.75, 3.05) is 4.90 Å². The molecule has 1 amide bonds. The molecule has 0 aliphatic carbocycles. The Morgan fingerprint density at radius 2 is 1.96 bits per heavy atom. The summed E-state index contributed by atoms with van der Waals surface area (Å²) in [4.78, 5) is 14.6. The van der Waals surface area contributed by atoms with E-state index in [0.717, 1.165) is 5.69 Å². The number of thioether (sulfide) groups is 1. The van der Waals surface area contributed by atoms with Gasteiger partial charge in [0.2, 0.25) is 0 Å². The lowest BCUT2D eigenvalue weighted by Gasteiger charge is -2.13. The van der Waals surface area contributed by atoms with Gasteiger partial charge >= 0.3 is 0 Å². The predicted molar refractivity (Wildman–Crippen MR) is 108 cm³/mol. The van der Waals surface area contributed by atoms with E-state index in [1.165, 1.54) is 16.7 Å². The number of anilines is 1. The lowest BCUT2D eigenvalue weighted by atomic mass is 10.2. The van der Waals surface area contributed by atoms with Gasteiger partial charge in [0.25, 0.3) is 5.91 Å². The van der Waals surface area contributed by atoms with Crippen molar-refractivity contribution in [3.05, 3.63) is 61.5 Å². The van der Waals surface area contributed by atoms with Gasteiger partial charge in [-0.1, -0.05) is 53.8 Å². The maximum atomic E-state index is 12.6. The average molecular weight is 474 g/mol. The summed E-state index contributed by atoms with van der Waals surface area (Å²) < 4.78 is 1.09. The van der Waals surface area contributed by atoms with Crippen LogP contribution in [-0.4, -0.2) is 15.3 Å². The number of benzene rings is 2. The molecule has 1 aliphatic rings. The molecule has 0 saturated carbocycles. The van der Waals surface area contributed by atoms with Crippen molar-refractivity contribution in [2.45, 2.75) is 0 Å². The van der Waals surface area contributed by atoms with Gasteiger partial charge < -0.3 is 5.11 Å². The van der Waals surface area contributed by atoms with Crippen LogP contribution in [0.4, 0.5) is 5.69 Å². The summed E-state index contributed by atoms with van der Waals surface area (Å²) in [7, 11) is 0. The number of nitrogens with zero attached hydrogens (tertiary/aromatic N) is 1. The quantitative estimate of drug-likeness (QED) is 0.376. The minimum absolute atomic E-state index is 0.0972. The van der Waals surface area contributed by atoms with Crippen LogP contribution in [0.15, 0.2) is 47.4 Å². The highest BCUT2D eigenvalue weighted by Crippen LogP contribution is 2.38. The number of aromatic hydroxyl groups is 1. The summed E-state index contributed by atoms with van der Waals surface area (Å²) in [6, 6.07) is 12.5. The Morgan fingerprint density at radius 3 is 2.65 bits per heavy atom. The molecule has 3 nitrogen and oxygen atoms in total. The van der Waals surface area contributed by atoms with Gasteiger partial charge in [0.15, 0.2) is 4.32 Å². The first-order valence-electron chi connectivity index (χ1n) is 6.48. The van der Waals surface area contributed by atoms with Crippen molar-refractivity contribution in [2.24, 2.45) is 0 Å². The third-order valence-electron chi connectivity index (χ3n) is 3.15. The normalized spacial score (nSPS) is 16.4. The number of thiocarbonyl (C=S) groups is 1. The molecule has 0 atom stereocenters. The van der Waals surface area contributed by atoms with Crippen LogP contribution in [0, 0.1) is 3.57 Å². The van der Waals surface area contributed by atoms with Crippen molar-refractivity contribution in [3.8, 4) is 5.75 Å². The summed E-state index contributed by atoms with van der Waals surface area (Å²) in [5.41, 5.74) is 1.22. The first-order valence-corrected chi connectivity index (χ1v) is 9.16. The Kier molecular flexibility index (Phi) is 4.96. The largest absolute Gasteiger partial charge is 0.506 e. The van der Waals surface area contributed by atoms with E-state index in [-0.39, 0.29) is 11.7 Å². The molecular weight excluding hydrogens is 465 g/mol. The third kappa shape index (κ3) is 3.40. The smallest absolute Gasteiger partial charge is 0.270 e. The number of carbonyl (C=O) groups is 1. The van der Waals surface area contributed by atoms with E-state index in [1.807, 2.05) is 52.9 Å². The van der Waals surface area contributed by atoms with Gasteiger partial charge in [-0.05, 0) is 52.9 Å². The van der Waals surface area contributed by atoms with Crippen molar-refractivity contribution in [1.29, 1.82) is 0 Å². The molecule has 1 fully saturated rings. The fourth-order valence-corrected chi connectivity index (χ4v) is 4.45. The van der Waals surface area contributed by atoms with Crippen LogP contribution < -0.4 is 4.90 Å². The van der Waals surface area contributed by atoms with Crippen molar-refractivity contribution >= 4 is 80.2 Å². The molecule has 0 aromatic heterocycles. The maximum absolute atomic E-state index is 12.6. The monoisotopic (exact) mass is 473 g/mol. The molecule has 1 heterocycles. The zero-order chi connectivity index (χ0) is 16.6. The van der Waals surface area contributed by atoms with E-state index in [2.05, 4.69) is 0 Å². The minimum Gasteiger partial charge on any atom is -0.506 e. The number of hydrogen-bond donors (Lipinski definition) is 1. The van der Waals surface area contributed by atoms with Crippen LogP contribution in [0.5, 0.6) is 5.75 Å². The third-order valence-corrected chi connectivity index (χ3v) is 5.50. The van der Waals surface area contributed by atoms with Gasteiger partial charge in [-0.2, -0.15) is 0 Å². The molecule has 7 heteroatoms. The number of phenolic OH excluding ortho intramolecular Hbond substituents is 1. The molecule has 0 spiro atoms. The fourth-order valence-electron chi connectivity index (χ4n) is 2.10. The van der Waals surface area contributed by atoms with E-state index in [4.69, 9.17) is 23.8 Å². The molecule has 23 heavy (non-hydrogen) atoms. The zero-order valence-electron chi connectivity index (χ0n) is 11.5. The van der Waals surface area contributed by atoms with Gasteiger partial charge in [-0.25, -0.2) is 0 Å². The first kappa shape index (κ1) is 16.8. The highest BCUT2D eigenvalue weighted by molar-refractivity contribution is 14.1. The lowest BCUT2D eigenvalue weighted by Crippen LogP contribution is -2.27. The van der Waals surface area contributed by atoms with E-state index < -0.39 is 0 Å². The van der Waals surface area contributed by atoms with E-state index in [0.29, 0.717) is 23.4 Å². The van der Waals surface area contributed by atoms with Crippen molar-refractivity contribution in [3.63, 3.8) is 0 Å². The topological polar surface area (TPSA) is 40.5 Å². The Balaban J connectivity index is 2.00. The van der Waals surface area contributed by atoms with E-state index >= 15 is 0 Å². The summed E-state index contributed by atoms with van der Waals surface area (Å²) in [5, 5.41) is 10.6. The molecule has 0 radical (unpaired) electrons. The number of phenols is 1. The molecule has 1 aliphatic heterocycles. The van der Waals surface area contributed by atoms with Crippen LogP contribution in [-0.2, 0) is 4.79 Å². The number of rotatable bonds is 2. The van der Waals surface area contributed by atoms with Crippen molar-refractivity contribution in [1.82, 2.24) is 0 Å². The molecule has 1 saturated heterocycles. The Labute approximate surface area is 161 Å². The predicted octanol–water partition coefficient (Wildman–Crippen LogP) is 5.06. The van der Waals surface area contributed by atoms with Crippen molar-refractivity contribution < 1.29 is 9.90 Å². The van der Waals surface area contributed by atoms with Gasteiger partial charge in [0.05, 0.1) is 14.2 Å². The summed E-state index contributed by atoms with van der Waals surface area (Å²) in [6.45, 7) is 0. The number of hydrogen-bond acceptors (Lipinski definition) is 4. The molecule has 0 bridgehead atoms. The molecule has 116 valence electrons. The van der Waals surface area contributed by atoms with Gasteiger partial charge in [-0.15, -0.1) is 0 Å². The highest BCUT2D eigenvalue weighted by Gasteiger charge is 2.33. The number of para-hydroxylation sites is 1. The van der Waals surface area contributed by atoms with E-state index in [1.54, 1.807) is 18.2 Å². The van der Waals surface area contributed by atoms with Crippen LogP contribution >= 0.6 is 58.2 Å². The second-order valence-electron chi connectivity index (χ2n) is 4.68. The first-order chi connectivity index (χ1) is 11.0. The summed E-state index contributed by atoms with van der Waals surface area (Å²) in [5.74, 6) is -0.111. The van der Waals surface area contributed by atoms with Crippen LogP contribution in [0.25, 0.3) is 6.08 Å². The zero-order valence-corrected chi connectivity index (χ0v) is 16.0. The molecule has 2 aromatic carbocycles. The Hall–Kier alpha value is -1.09. The standard InChI is InChI=1S/C16H9ClINO2S2/c17-10-6-9(14(20)12(18)8-10)7-13-15(21)19(16(22)23-13)11-4-2-1-3-5-11/h1-8,20H/b13-7+. The van der Waals surface area contributed by atoms with Gasteiger partial charge in [-0.3, -0.25) is 9.69 Å². The molecule has 0 unspecified atom stereocenters. The summed E-state index contributed by atoms with van der Waals surface area (Å²) in [6.07, 6.45) is 1.62. The fraction of sp³-hybridized carbons (Fsp3) is 0. The van der Waals surface area contributed by atoms with E-state index in [9.17, 15) is 9.90 Å². The minimum atomic E-state index is -0.208. The molecule has 3 rings (SSSR count). The Morgan fingerprint density at radius 1 is 1.26 bits per heavy atom. The Bertz CT molecular complexity index is 839. The average Bonchev–Trinajstić information content (AvgIpc) is 2.79. The second kappa shape index (κ2) is 6.80. The van der Waals surface area contributed by atoms with Gasteiger partial charge in [0, 0.05) is 10.6 Å². The SMILES string of the molecule is O=C1/C(=C\c2cc(Cl)cc(I)c2O)SC(=S)N1c1ccccc1. The number of carbonyl (C=O) groups excluding carboxylic acids is 1. The maximum Gasteiger partial charge on any atom is 0.270 e. The molecule has 1 N–H and O–H groups in total. The van der Waals surface area contributed by atoms with Crippen LogP contribution in [0.3, 0.4) is 0 Å². The number of amides is 1. The molecular formula is C16H9ClINO2S2. The summed E-state index contributed by atoms with van der Waals surface area (Å²) >= 11 is 14.5. The van der Waals surface area contributed by atoms with Crippen LogP contribution in [0.1, 0.15) is 5.56 Å². The molecule has 2 aromatic rings. The lowest BCUT2D eigenvalue weighted by molar-refractivity contribution is -0.113. The second-order valence-corrected chi connectivity index (χ2v) is 7.95.